The van der Waals surface area contributed by atoms with Gasteiger partial charge in [-0.05, 0) is 18.6 Å². The van der Waals surface area contributed by atoms with Crippen LogP contribution in [0, 0.1) is 0 Å². The molecule has 0 unspecified atom stereocenters. The first-order valence-electron chi connectivity index (χ1n) is 5.27. The molecule has 0 radical (unpaired) electrons. The molecular weight excluding hydrogens is 220 g/mol. The van der Waals surface area contributed by atoms with Gasteiger partial charge in [-0.2, -0.15) is 4.99 Å². The van der Waals surface area contributed by atoms with Crippen LogP contribution in [0.1, 0.15) is 19.8 Å². The van der Waals surface area contributed by atoms with Gasteiger partial charge in [-0.1, -0.05) is 6.92 Å². The third-order valence-electron chi connectivity index (χ3n) is 2.11. The molecule has 0 aliphatic carbocycles. The van der Waals surface area contributed by atoms with E-state index in [4.69, 9.17) is 4.74 Å². The van der Waals surface area contributed by atoms with Gasteiger partial charge in [0.25, 0.3) is 0 Å². The minimum Gasteiger partial charge on any atom is -0.494 e. The molecule has 0 spiro atoms. The van der Waals surface area contributed by atoms with Crippen molar-refractivity contribution in [1.82, 2.24) is 0 Å². The van der Waals surface area contributed by atoms with E-state index in [9.17, 15) is 9.59 Å². The highest BCUT2D eigenvalue weighted by Gasteiger charge is 2.07. The normalized spacial score (nSPS) is 9.29. The van der Waals surface area contributed by atoms with E-state index in [0.29, 0.717) is 23.5 Å². The second-order valence-electron chi connectivity index (χ2n) is 3.39. The summed E-state index contributed by atoms with van der Waals surface area (Å²) in [5.74, 6) is 0.392. The molecule has 0 aromatic heterocycles. The molecule has 90 valence electrons. The molecule has 17 heavy (non-hydrogen) atoms. The van der Waals surface area contributed by atoms with Crippen molar-refractivity contribution in [3.05, 3.63) is 18.2 Å². The van der Waals surface area contributed by atoms with Crippen LogP contribution in [0.25, 0.3) is 0 Å². The number of amides is 1. The van der Waals surface area contributed by atoms with Crippen LogP contribution in [0.15, 0.2) is 23.2 Å². The summed E-state index contributed by atoms with van der Waals surface area (Å²) < 4.78 is 5.11. The van der Waals surface area contributed by atoms with Crippen molar-refractivity contribution < 1.29 is 14.3 Å². The lowest BCUT2D eigenvalue weighted by Gasteiger charge is -2.09. The number of benzene rings is 1. The van der Waals surface area contributed by atoms with Crippen molar-refractivity contribution in [2.45, 2.75) is 19.8 Å². The minimum absolute atomic E-state index is 0.0718. The summed E-state index contributed by atoms with van der Waals surface area (Å²) in [6.45, 7) is 1.93. The van der Waals surface area contributed by atoms with Crippen LogP contribution in [-0.4, -0.2) is 19.1 Å². The molecule has 0 aliphatic rings. The Hall–Kier alpha value is -2.13. The van der Waals surface area contributed by atoms with Crippen LogP contribution in [0.3, 0.4) is 0 Å². The van der Waals surface area contributed by atoms with E-state index in [2.05, 4.69) is 10.3 Å². The van der Waals surface area contributed by atoms with Gasteiger partial charge in [0, 0.05) is 12.5 Å². The van der Waals surface area contributed by atoms with Crippen LogP contribution in [0.5, 0.6) is 5.75 Å². The van der Waals surface area contributed by atoms with Gasteiger partial charge in [-0.25, -0.2) is 4.79 Å². The van der Waals surface area contributed by atoms with E-state index in [1.807, 2.05) is 6.92 Å². The number of hydrogen-bond donors (Lipinski definition) is 1. The van der Waals surface area contributed by atoms with Crippen molar-refractivity contribution >= 4 is 23.4 Å². The summed E-state index contributed by atoms with van der Waals surface area (Å²) in [5.41, 5.74) is 1.00. The fourth-order valence-electron chi connectivity index (χ4n) is 1.35. The molecule has 1 aromatic rings. The summed E-state index contributed by atoms with van der Waals surface area (Å²) in [6.07, 6.45) is 2.68. The number of ether oxygens (including phenoxy) is 1. The van der Waals surface area contributed by atoms with Crippen LogP contribution in [0.4, 0.5) is 11.4 Å². The van der Waals surface area contributed by atoms with Crippen LogP contribution in [-0.2, 0) is 9.59 Å². The average Bonchev–Trinajstić information content (AvgIpc) is 2.31. The highest BCUT2D eigenvalue weighted by atomic mass is 16.5. The zero-order valence-corrected chi connectivity index (χ0v) is 9.82. The molecule has 5 nitrogen and oxygen atoms in total. The van der Waals surface area contributed by atoms with Gasteiger partial charge >= 0.3 is 0 Å². The number of methoxy groups -OCH3 is 1. The third kappa shape index (κ3) is 3.74. The Bertz CT molecular complexity index is 451. The quantitative estimate of drug-likeness (QED) is 0.628. The number of nitrogens with zero attached hydrogens (tertiary/aromatic N) is 1. The summed E-state index contributed by atoms with van der Waals surface area (Å²) in [5, 5.41) is 2.73. The first-order chi connectivity index (χ1) is 8.21. The maximum absolute atomic E-state index is 11.4. The highest BCUT2D eigenvalue weighted by Crippen LogP contribution is 2.29. The second-order valence-corrected chi connectivity index (χ2v) is 3.39. The van der Waals surface area contributed by atoms with Gasteiger partial charge in [0.15, 0.2) is 0 Å². The molecule has 1 amide bonds. The van der Waals surface area contributed by atoms with Crippen molar-refractivity contribution in [3.63, 3.8) is 0 Å². The Kier molecular flexibility index (Phi) is 4.91. The zero-order chi connectivity index (χ0) is 12.7. The fourth-order valence-corrected chi connectivity index (χ4v) is 1.35. The standard InChI is InChI=1S/C12H14N2O3/c1-3-4-12(16)14-10-6-5-9(13-8-15)7-11(10)17-2/h5-7H,3-4H2,1-2H3,(H,14,16). The van der Waals surface area contributed by atoms with Gasteiger partial charge in [-0.3, -0.25) is 4.79 Å². The average molecular weight is 234 g/mol. The topological polar surface area (TPSA) is 67.8 Å². The zero-order valence-electron chi connectivity index (χ0n) is 9.82. The Labute approximate surface area is 99.5 Å². The maximum Gasteiger partial charge on any atom is 0.240 e. The molecular formula is C12H14N2O3. The van der Waals surface area contributed by atoms with Crippen molar-refractivity contribution in [1.29, 1.82) is 0 Å². The highest BCUT2D eigenvalue weighted by molar-refractivity contribution is 5.92. The Morgan fingerprint density at radius 2 is 2.29 bits per heavy atom. The molecule has 1 N–H and O–H groups in total. The Morgan fingerprint density at radius 3 is 2.88 bits per heavy atom. The van der Waals surface area contributed by atoms with Gasteiger partial charge in [0.2, 0.25) is 12.0 Å². The van der Waals surface area contributed by atoms with Gasteiger partial charge in [-0.15, -0.1) is 0 Å². The van der Waals surface area contributed by atoms with E-state index >= 15 is 0 Å². The third-order valence-corrected chi connectivity index (χ3v) is 2.11. The molecule has 5 heteroatoms. The molecule has 0 atom stereocenters. The number of rotatable bonds is 5. The van der Waals surface area contributed by atoms with E-state index in [0.717, 1.165) is 6.42 Å². The largest absolute Gasteiger partial charge is 0.494 e. The molecule has 0 bridgehead atoms. The van der Waals surface area contributed by atoms with Gasteiger partial charge < -0.3 is 10.1 Å². The van der Waals surface area contributed by atoms with E-state index in [1.54, 1.807) is 18.2 Å². The van der Waals surface area contributed by atoms with E-state index < -0.39 is 0 Å². The van der Waals surface area contributed by atoms with Crippen molar-refractivity contribution in [3.8, 4) is 5.75 Å². The Balaban J connectivity index is 2.92. The molecule has 0 heterocycles. The smallest absolute Gasteiger partial charge is 0.240 e. The number of carbonyl (C=O) groups is 1. The number of nitrogens with one attached hydrogen (secondary N) is 1. The maximum atomic E-state index is 11.4. The predicted molar refractivity (Wildman–Crippen MR) is 64.3 cm³/mol. The van der Waals surface area contributed by atoms with Crippen molar-refractivity contribution in [2.24, 2.45) is 4.99 Å². The first-order valence-corrected chi connectivity index (χ1v) is 5.27. The van der Waals surface area contributed by atoms with Gasteiger partial charge in [0.05, 0.1) is 18.5 Å². The number of carbonyl (C=O) groups excluding carboxylic acids is 2. The van der Waals surface area contributed by atoms with Crippen molar-refractivity contribution in [2.75, 3.05) is 12.4 Å². The first kappa shape index (κ1) is 12.9. The monoisotopic (exact) mass is 234 g/mol. The SMILES string of the molecule is CCCC(=O)Nc1ccc(N=C=O)cc1OC. The van der Waals surface area contributed by atoms with Crippen LogP contribution < -0.4 is 10.1 Å². The van der Waals surface area contributed by atoms with Crippen LogP contribution in [0.2, 0.25) is 0 Å². The predicted octanol–water partition coefficient (Wildman–Crippen LogP) is 2.40. The molecule has 0 saturated carbocycles. The summed E-state index contributed by atoms with van der Waals surface area (Å²) in [7, 11) is 1.49. The molecule has 1 aromatic carbocycles. The molecule has 0 aliphatic heterocycles. The van der Waals surface area contributed by atoms with E-state index in [1.165, 1.54) is 13.2 Å². The second kappa shape index (κ2) is 6.45. The van der Waals surface area contributed by atoms with Gasteiger partial charge in [0.1, 0.15) is 5.75 Å². The molecule has 1 rings (SSSR count). The summed E-state index contributed by atoms with van der Waals surface area (Å²) in [6, 6.07) is 4.81. The fraction of sp³-hybridized carbons (Fsp3) is 0.333. The minimum atomic E-state index is -0.0718. The lowest BCUT2D eigenvalue weighted by Crippen LogP contribution is -2.11. The number of hydrogen-bond acceptors (Lipinski definition) is 4. The summed E-state index contributed by atoms with van der Waals surface area (Å²) in [4.78, 5) is 25.0. The number of isocyanates is 1. The lowest BCUT2D eigenvalue weighted by atomic mass is 10.2. The van der Waals surface area contributed by atoms with E-state index in [-0.39, 0.29) is 5.91 Å². The lowest BCUT2D eigenvalue weighted by molar-refractivity contribution is -0.116. The summed E-state index contributed by atoms with van der Waals surface area (Å²) >= 11 is 0. The number of anilines is 1. The molecule has 0 fully saturated rings. The number of aliphatic imine (C=N–C) groups is 1. The van der Waals surface area contributed by atoms with Crippen LogP contribution >= 0.6 is 0 Å². The Morgan fingerprint density at radius 1 is 1.53 bits per heavy atom. The molecule has 0 saturated heterocycles.